The minimum atomic E-state index is -0.469. The summed E-state index contributed by atoms with van der Waals surface area (Å²) >= 11 is 3.53. The van der Waals surface area contributed by atoms with Crippen LogP contribution in [0.1, 0.15) is 81.1 Å². The van der Waals surface area contributed by atoms with E-state index in [-0.39, 0.29) is 17.3 Å². The molecule has 6 nitrogen and oxygen atoms in total. The molecule has 1 N–H and O–H groups in total. The number of hydrogen-bond donors (Lipinski definition) is 1. The third kappa shape index (κ3) is 5.02. The van der Waals surface area contributed by atoms with E-state index in [9.17, 15) is 9.59 Å². The van der Waals surface area contributed by atoms with Crippen LogP contribution in [0.2, 0.25) is 0 Å². The van der Waals surface area contributed by atoms with Crippen molar-refractivity contribution >= 4 is 38.7 Å². The number of nitrogens with zero attached hydrogens (tertiary/aromatic N) is 1. The van der Waals surface area contributed by atoms with Gasteiger partial charge in [0.1, 0.15) is 11.4 Å². The molecule has 0 spiro atoms. The fourth-order valence-corrected chi connectivity index (χ4v) is 5.91. The summed E-state index contributed by atoms with van der Waals surface area (Å²) in [6, 6.07) is 11.9. The zero-order valence-electron chi connectivity index (χ0n) is 22.2. The normalized spacial score (nSPS) is 17.5. The Labute approximate surface area is 226 Å². The summed E-state index contributed by atoms with van der Waals surface area (Å²) in [4.78, 5) is 31.2. The van der Waals surface area contributed by atoms with Gasteiger partial charge >= 0.3 is 6.09 Å². The number of aromatic nitrogens is 1. The van der Waals surface area contributed by atoms with Crippen molar-refractivity contribution in [2.45, 2.75) is 64.9 Å². The van der Waals surface area contributed by atoms with Crippen LogP contribution in [-0.4, -0.2) is 47.1 Å². The van der Waals surface area contributed by atoms with Crippen molar-refractivity contribution in [3.8, 4) is 5.75 Å². The van der Waals surface area contributed by atoms with Crippen LogP contribution in [0.4, 0.5) is 4.79 Å². The smallest absolute Gasteiger partial charge is 0.410 e. The van der Waals surface area contributed by atoms with E-state index < -0.39 is 5.60 Å². The fourth-order valence-electron chi connectivity index (χ4n) is 5.55. The maximum Gasteiger partial charge on any atom is 0.410 e. The Morgan fingerprint density at radius 2 is 1.86 bits per heavy atom. The highest BCUT2D eigenvalue weighted by molar-refractivity contribution is 9.10. The molecule has 1 amide bonds. The minimum Gasteiger partial charge on any atom is -0.494 e. The molecule has 0 unspecified atom stereocenters. The predicted octanol–water partition coefficient (Wildman–Crippen LogP) is 7.22. The first-order chi connectivity index (χ1) is 17.4. The number of hydrogen-bond acceptors (Lipinski definition) is 4. The van der Waals surface area contributed by atoms with Gasteiger partial charge in [0.15, 0.2) is 5.78 Å². The molecule has 1 saturated heterocycles. The Bertz CT molecular complexity index is 1360. The van der Waals surface area contributed by atoms with Crippen LogP contribution in [0.15, 0.2) is 40.9 Å². The molecule has 0 atom stereocenters. The van der Waals surface area contributed by atoms with Crippen LogP contribution in [0.5, 0.6) is 5.75 Å². The average Bonchev–Trinajstić information content (AvgIpc) is 3.22. The number of rotatable bonds is 4. The molecule has 3 aromatic rings. The van der Waals surface area contributed by atoms with Gasteiger partial charge in [0.25, 0.3) is 0 Å². The van der Waals surface area contributed by atoms with Crippen LogP contribution in [0.3, 0.4) is 0 Å². The lowest BCUT2D eigenvalue weighted by molar-refractivity contribution is 0.0177. The number of amides is 1. The molecule has 0 bridgehead atoms. The number of piperidine rings is 1. The van der Waals surface area contributed by atoms with E-state index in [1.165, 1.54) is 0 Å². The number of aromatic amines is 1. The van der Waals surface area contributed by atoms with Gasteiger partial charge in [-0.3, -0.25) is 4.79 Å². The lowest BCUT2D eigenvalue weighted by atomic mass is 9.71. The molecule has 2 heterocycles. The average molecular weight is 568 g/mol. The summed E-state index contributed by atoms with van der Waals surface area (Å²) < 4.78 is 12.7. The van der Waals surface area contributed by atoms with Crippen molar-refractivity contribution in [2.24, 2.45) is 5.92 Å². The van der Waals surface area contributed by atoms with E-state index >= 15 is 0 Å². The number of nitrogens with one attached hydrogen (secondary N) is 1. The zero-order valence-corrected chi connectivity index (χ0v) is 23.8. The molecular formula is C30H35BrN2O4. The van der Waals surface area contributed by atoms with Crippen LogP contribution in [-0.2, 0) is 10.2 Å². The highest BCUT2D eigenvalue weighted by Gasteiger charge is 2.40. The fraction of sp³-hybridized carbons (Fsp3) is 0.467. The SMILES string of the molecule is CC(C)(C)OC(=O)N1CCC(CCOc2ccc3c(c2)C(C)(C)c2[nH]c4cc(Br)ccc4c2C3=O)CC1. The van der Waals surface area contributed by atoms with Gasteiger partial charge in [0, 0.05) is 45.1 Å². The first kappa shape index (κ1) is 25.8. The summed E-state index contributed by atoms with van der Waals surface area (Å²) in [5.74, 6) is 1.36. The Kier molecular flexibility index (Phi) is 6.63. The maximum absolute atomic E-state index is 13.5. The van der Waals surface area contributed by atoms with Gasteiger partial charge in [-0.1, -0.05) is 35.8 Å². The number of fused-ring (bicyclic) bond motifs is 4. The summed E-state index contributed by atoms with van der Waals surface area (Å²) in [6.07, 6.45) is 2.61. The van der Waals surface area contributed by atoms with E-state index in [0.29, 0.717) is 12.5 Å². The first-order valence-electron chi connectivity index (χ1n) is 13.1. The lowest BCUT2D eigenvalue weighted by Crippen LogP contribution is -2.41. The van der Waals surface area contributed by atoms with Crippen molar-refractivity contribution in [3.05, 3.63) is 63.3 Å². The second-order valence-electron chi connectivity index (χ2n) is 11.8. The van der Waals surface area contributed by atoms with Gasteiger partial charge < -0.3 is 19.4 Å². The number of halogens is 1. The molecule has 1 aliphatic carbocycles. The summed E-state index contributed by atoms with van der Waals surface area (Å²) in [5.41, 5.74) is 3.57. The number of ketones is 1. The molecule has 196 valence electrons. The monoisotopic (exact) mass is 566 g/mol. The molecule has 0 saturated carbocycles. The molecular weight excluding hydrogens is 532 g/mol. The van der Waals surface area contributed by atoms with E-state index in [0.717, 1.165) is 75.9 Å². The van der Waals surface area contributed by atoms with Crippen LogP contribution >= 0.6 is 15.9 Å². The number of carbonyl (C=O) groups excluding carboxylic acids is 2. The predicted molar refractivity (Wildman–Crippen MR) is 149 cm³/mol. The molecule has 1 aliphatic heterocycles. The summed E-state index contributed by atoms with van der Waals surface area (Å²) in [7, 11) is 0. The number of ether oxygens (including phenoxy) is 2. The van der Waals surface area contributed by atoms with Crippen molar-refractivity contribution in [2.75, 3.05) is 19.7 Å². The quantitative estimate of drug-likeness (QED) is 0.362. The van der Waals surface area contributed by atoms with Crippen LogP contribution < -0.4 is 4.74 Å². The Hall–Kier alpha value is -2.80. The van der Waals surface area contributed by atoms with E-state index in [1.54, 1.807) is 0 Å². The topological polar surface area (TPSA) is 71.6 Å². The Morgan fingerprint density at radius 1 is 1.14 bits per heavy atom. The molecule has 1 aromatic heterocycles. The molecule has 2 aromatic carbocycles. The van der Waals surface area contributed by atoms with Crippen LogP contribution in [0.25, 0.3) is 10.9 Å². The molecule has 5 rings (SSSR count). The van der Waals surface area contributed by atoms with Crippen molar-refractivity contribution < 1.29 is 19.1 Å². The molecule has 37 heavy (non-hydrogen) atoms. The summed E-state index contributed by atoms with van der Waals surface area (Å²) in [5, 5.41) is 0.958. The lowest BCUT2D eigenvalue weighted by Gasteiger charge is -2.33. The van der Waals surface area contributed by atoms with Gasteiger partial charge in [0.2, 0.25) is 0 Å². The molecule has 0 radical (unpaired) electrons. The number of benzene rings is 2. The second kappa shape index (κ2) is 9.50. The van der Waals surface area contributed by atoms with Gasteiger partial charge in [-0.25, -0.2) is 4.79 Å². The third-order valence-corrected chi connectivity index (χ3v) is 8.08. The Morgan fingerprint density at radius 3 is 2.57 bits per heavy atom. The van der Waals surface area contributed by atoms with Crippen molar-refractivity contribution in [1.82, 2.24) is 9.88 Å². The number of H-pyrrole nitrogens is 1. The zero-order chi connectivity index (χ0) is 26.5. The van der Waals surface area contributed by atoms with Gasteiger partial charge in [-0.15, -0.1) is 0 Å². The summed E-state index contributed by atoms with van der Waals surface area (Å²) in [6.45, 7) is 12.0. The highest BCUT2D eigenvalue weighted by atomic mass is 79.9. The van der Waals surface area contributed by atoms with Gasteiger partial charge in [-0.05, 0) is 81.8 Å². The van der Waals surface area contributed by atoms with Gasteiger partial charge in [0.05, 0.1) is 12.2 Å². The van der Waals surface area contributed by atoms with E-state index in [4.69, 9.17) is 9.47 Å². The highest BCUT2D eigenvalue weighted by Crippen LogP contribution is 2.45. The minimum absolute atomic E-state index is 0.0567. The van der Waals surface area contributed by atoms with Crippen molar-refractivity contribution in [1.29, 1.82) is 0 Å². The Balaban J connectivity index is 1.24. The number of likely N-dealkylation sites (tertiary alicyclic amines) is 1. The third-order valence-electron chi connectivity index (χ3n) is 7.58. The maximum atomic E-state index is 13.5. The van der Waals surface area contributed by atoms with E-state index in [2.05, 4.69) is 34.8 Å². The second-order valence-corrected chi connectivity index (χ2v) is 12.7. The standard InChI is InChI=1S/C30H35BrN2O4/c1-29(2,3)37-28(35)33-13-10-18(11-14-33)12-15-36-20-7-9-21-23(17-20)30(4,5)27-25(26(21)34)22-8-6-19(31)16-24(22)32-27/h6-9,16-18,32H,10-15H2,1-5H3. The van der Waals surface area contributed by atoms with Crippen LogP contribution in [0, 0.1) is 5.92 Å². The number of carbonyl (C=O) groups is 2. The van der Waals surface area contributed by atoms with E-state index in [1.807, 2.05) is 62.1 Å². The van der Waals surface area contributed by atoms with Gasteiger partial charge in [-0.2, -0.15) is 0 Å². The largest absolute Gasteiger partial charge is 0.494 e. The molecule has 7 heteroatoms. The van der Waals surface area contributed by atoms with Crippen molar-refractivity contribution in [3.63, 3.8) is 0 Å². The molecule has 2 aliphatic rings. The molecule has 1 fully saturated rings. The first-order valence-corrected chi connectivity index (χ1v) is 13.8.